The molecule has 0 aromatic heterocycles. The van der Waals surface area contributed by atoms with E-state index in [1.807, 2.05) is 0 Å². The number of hydrogen-bond donors (Lipinski definition) is 1. The Morgan fingerprint density at radius 3 is 2.14 bits per heavy atom. The minimum absolute atomic E-state index is 0.0894. The summed E-state index contributed by atoms with van der Waals surface area (Å²) in [6.45, 7) is 2.23. The van der Waals surface area contributed by atoms with Crippen molar-refractivity contribution < 1.29 is 49.2 Å². The van der Waals surface area contributed by atoms with Crippen LogP contribution in [0.3, 0.4) is 0 Å². The second-order valence-corrected chi connectivity index (χ2v) is 10.1. The molecule has 0 saturated heterocycles. The molecule has 0 aromatic carbocycles. The molecule has 0 amide bonds. The monoisotopic (exact) mass is 484 g/mol. The number of nitrogens with one attached hydrogen (secondary N) is 1. The first-order chi connectivity index (χ1) is 9.53. The van der Waals surface area contributed by atoms with Crippen molar-refractivity contribution in [3.05, 3.63) is 11.4 Å². The number of nitrogens with zero attached hydrogens (tertiary/aromatic N) is 1. The number of hydrogen-bond acceptors (Lipinski definition) is 2. The van der Waals surface area contributed by atoms with Crippen LogP contribution in [-0.2, 0) is 22.9 Å². The van der Waals surface area contributed by atoms with Crippen LogP contribution in [0.2, 0.25) is 0 Å². The molecule has 0 bridgehead atoms. The van der Waals surface area contributed by atoms with Gasteiger partial charge in [-0.05, 0) is 0 Å². The summed E-state index contributed by atoms with van der Waals surface area (Å²) in [7, 11) is 1.56. The van der Waals surface area contributed by atoms with Gasteiger partial charge in [-0.2, -0.15) is 0 Å². The molecular formula is C12H18F6HfN2. The van der Waals surface area contributed by atoms with Crippen LogP contribution < -0.4 is 5.32 Å². The second kappa shape index (κ2) is 9.07. The molecular weight excluding hydrogens is 465 g/mol. The van der Waals surface area contributed by atoms with E-state index in [4.69, 9.17) is 0 Å². The number of rotatable bonds is 8. The third-order valence-corrected chi connectivity index (χ3v) is 6.12. The van der Waals surface area contributed by atoms with Gasteiger partial charge >= 0.3 is 131 Å². The predicted octanol–water partition coefficient (Wildman–Crippen LogP) is 3.89. The van der Waals surface area contributed by atoms with Crippen molar-refractivity contribution in [3.8, 4) is 0 Å². The van der Waals surface area contributed by atoms with Crippen LogP contribution in [0.1, 0.15) is 26.7 Å². The van der Waals surface area contributed by atoms with E-state index in [1.54, 1.807) is 7.05 Å². The Hall–Kier alpha value is -0.180. The van der Waals surface area contributed by atoms with Crippen LogP contribution in [0.5, 0.6) is 0 Å². The summed E-state index contributed by atoms with van der Waals surface area (Å²) < 4.78 is 75.2. The fraction of sp³-hybridized carbons (Fsp3) is 0.750. The first-order valence-corrected chi connectivity index (χ1v) is 9.93. The average molecular weight is 483 g/mol. The van der Waals surface area contributed by atoms with Crippen molar-refractivity contribution in [1.82, 2.24) is 5.32 Å². The Morgan fingerprint density at radius 1 is 1.19 bits per heavy atom. The van der Waals surface area contributed by atoms with E-state index < -0.39 is 54.1 Å². The van der Waals surface area contributed by atoms with E-state index in [9.17, 15) is 26.3 Å². The molecule has 9 heteroatoms. The molecule has 0 heterocycles. The number of halogens is 6. The van der Waals surface area contributed by atoms with Gasteiger partial charge in [0.25, 0.3) is 0 Å². The topological polar surface area (TPSA) is 24.4 Å². The van der Waals surface area contributed by atoms with Gasteiger partial charge in [0, 0.05) is 0 Å². The number of alkyl halides is 5. The predicted molar refractivity (Wildman–Crippen MR) is 65.9 cm³/mol. The third-order valence-electron chi connectivity index (χ3n) is 2.23. The van der Waals surface area contributed by atoms with Crippen molar-refractivity contribution in [2.75, 3.05) is 20.1 Å². The fourth-order valence-corrected chi connectivity index (χ4v) is 5.05. The van der Waals surface area contributed by atoms with Crippen LogP contribution in [0.4, 0.5) is 26.3 Å². The van der Waals surface area contributed by atoms with Crippen LogP contribution in [0.15, 0.2) is 16.4 Å². The van der Waals surface area contributed by atoms with Crippen LogP contribution in [0.25, 0.3) is 0 Å². The summed E-state index contributed by atoms with van der Waals surface area (Å²) in [4.78, 5) is 3.61. The van der Waals surface area contributed by atoms with Gasteiger partial charge in [-0.1, -0.05) is 0 Å². The SMILES string of the molecule is CCC/C(F)=C(\[C](=NCCNC)[Hf][C](C)(F)F)C(F)(F)F. The normalized spacial score (nSPS) is 15.0. The van der Waals surface area contributed by atoms with Gasteiger partial charge < -0.3 is 0 Å². The van der Waals surface area contributed by atoms with E-state index in [1.165, 1.54) is 6.92 Å². The summed E-state index contributed by atoms with van der Waals surface area (Å²) in [5, 5.41) is 2.65. The molecule has 0 radical (unpaired) electrons. The number of aliphatic imine (C=N–C) groups is 1. The van der Waals surface area contributed by atoms with Gasteiger partial charge in [-0.3, -0.25) is 0 Å². The molecule has 0 aliphatic rings. The summed E-state index contributed by atoms with van der Waals surface area (Å²) in [5.74, 6) is -1.40. The minimum atomic E-state index is -5.00. The van der Waals surface area contributed by atoms with Gasteiger partial charge in [0.1, 0.15) is 0 Å². The zero-order chi connectivity index (χ0) is 16.7. The van der Waals surface area contributed by atoms with Crippen molar-refractivity contribution in [1.29, 1.82) is 0 Å². The van der Waals surface area contributed by atoms with Crippen LogP contribution in [0, 0.1) is 0 Å². The maximum absolute atomic E-state index is 13.7. The Kier molecular flexibility index (Phi) is 8.99. The first-order valence-electron chi connectivity index (χ1n) is 6.34. The summed E-state index contributed by atoms with van der Waals surface area (Å²) in [6, 6.07) is 0. The van der Waals surface area contributed by atoms with E-state index in [0.717, 1.165) is 0 Å². The van der Waals surface area contributed by atoms with Gasteiger partial charge in [0.2, 0.25) is 0 Å². The molecule has 0 saturated carbocycles. The molecule has 122 valence electrons. The Morgan fingerprint density at radius 2 is 1.76 bits per heavy atom. The second-order valence-electron chi connectivity index (χ2n) is 4.37. The van der Waals surface area contributed by atoms with E-state index in [2.05, 4.69) is 10.3 Å². The molecule has 0 rings (SSSR count). The summed E-state index contributed by atoms with van der Waals surface area (Å²) in [5.41, 5.74) is -1.58. The number of likely N-dealkylation sites (N-methyl/N-ethyl adjacent to an activating group) is 1. The Labute approximate surface area is 131 Å². The van der Waals surface area contributed by atoms with E-state index in [0.29, 0.717) is 6.92 Å². The Bertz CT molecular complexity index is 384. The molecule has 0 unspecified atom stereocenters. The Balaban J connectivity index is 5.69. The standard InChI is InChI=1S/C10H15F4N2.C2H3F2.Hf/c1-3-4-9(11)8(10(12,13)14)7-16-6-5-15-2;1-2(3)4;/h15H,3-6H2,1-2H3;1H3;/b9-8-,16-7?;;. The molecule has 1 N–H and O–H groups in total. The van der Waals surface area contributed by atoms with Crippen molar-refractivity contribution >= 4 is 3.47 Å². The third kappa shape index (κ3) is 8.75. The zero-order valence-electron chi connectivity index (χ0n) is 12.0. The van der Waals surface area contributed by atoms with Gasteiger partial charge in [0.05, 0.1) is 0 Å². The molecule has 0 atom stereocenters. The molecule has 2 nitrogen and oxygen atoms in total. The van der Waals surface area contributed by atoms with Crippen molar-refractivity contribution in [2.45, 2.75) is 36.5 Å². The van der Waals surface area contributed by atoms with Crippen molar-refractivity contribution in [2.24, 2.45) is 4.99 Å². The van der Waals surface area contributed by atoms with Crippen LogP contribution >= 0.6 is 0 Å². The quantitative estimate of drug-likeness (QED) is 0.241. The van der Waals surface area contributed by atoms with Gasteiger partial charge in [-0.25, -0.2) is 0 Å². The molecule has 21 heavy (non-hydrogen) atoms. The molecule has 0 aliphatic carbocycles. The number of allylic oxidation sites excluding steroid dienone is 2. The van der Waals surface area contributed by atoms with E-state index >= 15 is 0 Å². The summed E-state index contributed by atoms with van der Waals surface area (Å²) in [6.07, 6.45) is -5.28. The van der Waals surface area contributed by atoms with Crippen molar-refractivity contribution in [3.63, 3.8) is 0 Å². The van der Waals surface area contributed by atoms with Gasteiger partial charge in [-0.15, -0.1) is 0 Å². The molecule has 0 spiro atoms. The molecule has 0 aliphatic heterocycles. The van der Waals surface area contributed by atoms with Gasteiger partial charge in [0.15, 0.2) is 0 Å². The average Bonchev–Trinajstić information content (AvgIpc) is 2.25. The molecule has 0 aromatic rings. The summed E-state index contributed by atoms with van der Waals surface area (Å²) >= 11 is -3.25. The molecule has 0 fully saturated rings. The first kappa shape index (κ1) is 20.8. The zero-order valence-corrected chi connectivity index (χ0v) is 15.6. The van der Waals surface area contributed by atoms with E-state index in [-0.39, 0.29) is 19.5 Å². The fourth-order valence-electron chi connectivity index (χ4n) is 1.43. The van der Waals surface area contributed by atoms with Crippen LogP contribution in [-0.4, -0.2) is 33.5 Å². The maximum atomic E-state index is 13.7.